The Morgan fingerprint density at radius 3 is 1.79 bits per heavy atom. The van der Waals surface area contributed by atoms with Gasteiger partial charge in [-0.3, -0.25) is 14.4 Å². The summed E-state index contributed by atoms with van der Waals surface area (Å²) in [5, 5.41) is 13.5. The Labute approximate surface area is 334 Å². The first-order valence-electron chi connectivity index (χ1n) is 19.0. The van der Waals surface area contributed by atoms with E-state index in [9.17, 15) is 29.1 Å². The van der Waals surface area contributed by atoms with E-state index >= 15 is 0 Å². The van der Waals surface area contributed by atoms with Crippen molar-refractivity contribution in [3.05, 3.63) is 121 Å². The Morgan fingerprint density at radius 2 is 1.35 bits per heavy atom. The summed E-state index contributed by atoms with van der Waals surface area (Å²) in [6.45, 7) is 8.99. The summed E-state index contributed by atoms with van der Waals surface area (Å²) in [5.74, 6) is -2.99. The molecule has 0 bridgehead atoms. The quantitative estimate of drug-likeness (QED) is 0.0697. The van der Waals surface area contributed by atoms with Crippen molar-refractivity contribution >= 4 is 66.2 Å². The van der Waals surface area contributed by atoms with Gasteiger partial charge < -0.3 is 23.9 Å². The maximum absolute atomic E-state index is 14.8. The van der Waals surface area contributed by atoms with Crippen molar-refractivity contribution in [1.29, 1.82) is 0 Å². The Bertz CT molecular complexity index is 2090. The molecular formula is C44H49N2O9PSi. The molecule has 0 aliphatic carbocycles. The number of imide groups is 1. The monoisotopic (exact) mass is 808 g/mol. The van der Waals surface area contributed by atoms with Crippen LogP contribution in [0.3, 0.4) is 0 Å². The molecule has 3 atom stereocenters. The zero-order chi connectivity index (χ0) is 41.1. The van der Waals surface area contributed by atoms with Crippen molar-refractivity contribution in [2.24, 2.45) is 5.92 Å². The van der Waals surface area contributed by atoms with Crippen molar-refractivity contribution in [1.82, 2.24) is 9.80 Å². The number of ether oxygens (including phenoxy) is 2. The lowest BCUT2D eigenvalue weighted by atomic mass is 9.79. The number of β-lactam (4-membered cyclic amide) rings is 1. The zero-order valence-corrected chi connectivity index (χ0v) is 35.0. The van der Waals surface area contributed by atoms with Crippen LogP contribution in [-0.2, 0) is 23.5 Å². The number of carboxylic acid groups (broad SMARTS) is 1. The van der Waals surface area contributed by atoms with Crippen molar-refractivity contribution in [2.75, 3.05) is 19.8 Å². The molecule has 2 aliphatic heterocycles. The van der Waals surface area contributed by atoms with Crippen molar-refractivity contribution in [2.45, 2.75) is 64.4 Å². The lowest BCUT2D eigenvalue weighted by molar-refractivity contribution is -0.155. The Morgan fingerprint density at radius 1 is 0.842 bits per heavy atom. The summed E-state index contributed by atoms with van der Waals surface area (Å²) < 4.78 is 17.2. The van der Waals surface area contributed by atoms with E-state index in [2.05, 4.69) is 33.9 Å². The molecule has 2 fully saturated rings. The summed E-state index contributed by atoms with van der Waals surface area (Å²) in [5.41, 5.74) is 0.250. The number of likely N-dealkylation sites (tertiary alicyclic amines) is 1. The minimum Gasteiger partial charge on any atom is -0.484 e. The number of benzene rings is 4. The Balaban J connectivity index is 1.44. The number of nitrogens with zero attached hydrogens (tertiary/aromatic N) is 2. The third kappa shape index (κ3) is 8.12. The molecule has 3 amide bonds. The molecular weight excluding hydrogens is 760 g/mol. The van der Waals surface area contributed by atoms with Gasteiger partial charge in [-0.25, -0.2) is 14.5 Å². The third-order valence-electron chi connectivity index (χ3n) is 11.2. The van der Waals surface area contributed by atoms with Gasteiger partial charge in [-0.15, -0.1) is 0 Å². The van der Waals surface area contributed by atoms with Gasteiger partial charge in [0.2, 0.25) is 5.91 Å². The Kier molecular flexibility index (Phi) is 12.1. The Hall–Kier alpha value is -5.29. The van der Waals surface area contributed by atoms with E-state index in [0.717, 1.165) is 20.8 Å². The van der Waals surface area contributed by atoms with E-state index < -0.39 is 63.8 Å². The van der Waals surface area contributed by atoms with Crippen LogP contribution in [0.5, 0.6) is 5.75 Å². The van der Waals surface area contributed by atoms with E-state index in [1.54, 1.807) is 24.3 Å². The van der Waals surface area contributed by atoms with Crippen molar-refractivity contribution in [3.8, 4) is 5.75 Å². The maximum atomic E-state index is 14.8. The number of cyclic esters (lactones) is 1. The highest BCUT2D eigenvalue weighted by atomic mass is 31.2. The molecule has 13 heteroatoms. The number of rotatable bonds is 14. The first-order chi connectivity index (χ1) is 27.1. The molecule has 298 valence electrons. The molecule has 2 heterocycles. The molecule has 0 saturated carbocycles. The fraction of sp³-hybridized carbons (Fsp3) is 0.318. The van der Waals surface area contributed by atoms with Crippen LogP contribution < -0.4 is 20.7 Å². The second-order valence-electron chi connectivity index (χ2n) is 15.8. The third-order valence-corrected chi connectivity index (χ3v) is 20.1. The van der Waals surface area contributed by atoms with Crippen molar-refractivity contribution < 1.29 is 43.0 Å². The minimum atomic E-state index is -3.29. The average molecular weight is 809 g/mol. The van der Waals surface area contributed by atoms with Gasteiger partial charge >= 0.3 is 12.1 Å². The molecule has 0 unspecified atom stereocenters. The summed E-state index contributed by atoms with van der Waals surface area (Å²) in [6.07, 6.45) is -1.50. The van der Waals surface area contributed by atoms with Gasteiger partial charge in [0, 0.05) is 18.9 Å². The van der Waals surface area contributed by atoms with Gasteiger partial charge in [0.1, 0.15) is 17.8 Å². The molecule has 4 aromatic rings. The lowest BCUT2D eigenvalue weighted by Crippen LogP contribution is -2.69. The fourth-order valence-corrected chi connectivity index (χ4v) is 13.1. The topological polar surface area (TPSA) is 140 Å². The van der Waals surface area contributed by atoms with Gasteiger partial charge in [-0.2, -0.15) is 0 Å². The smallest absolute Gasteiger partial charge is 0.416 e. The maximum Gasteiger partial charge on any atom is 0.416 e. The fourth-order valence-electron chi connectivity index (χ4n) is 7.34. The van der Waals surface area contributed by atoms with Crippen LogP contribution in [-0.4, -0.2) is 90.2 Å². The summed E-state index contributed by atoms with van der Waals surface area (Å²) >= 11 is 0. The van der Waals surface area contributed by atoms with Gasteiger partial charge in [-0.1, -0.05) is 112 Å². The number of carboxylic acids is 1. The molecule has 57 heavy (non-hydrogen) atoms. The molecule has 0 radical (unpaired) electrons. The van der Waals surface area contributed by atoms with Gasteiger partial charge in [0.25, 0.3) is 5.91 Å². The molecule has 2 aliphatic rings. The van der Waals surface area contributed by atoms with Crippen LogP contribution in [0.2, 0.25) is 18.1 Å². The highest BCUT2D eigenvalue weighted by molar-refractivity contribution is 7.96. The number of hydrogen-bond donors (Lipinski definition) is 1. The summed E-state index contributed by atoms with van der Waals surface area (Å²) in [7, 11) is -2.42. The van der Waals surface area contributed by atoms with E-state index in [1.807, 2.05) is 97.9 Å². The standard InChI is InChI=1S/C44H49N2O9PSi/c1-30(55-57(5,6)44(2,3)4)39-36(28-37(47)31-22-24-32(25-23-31)54-29-38(48)45-26-27-53-43(45)52)46(40(39)49)41(42(50)51)56(33-16-10-7-11-17-33,34-18-12-8-13-19-34)35-20-14-9-15-21-35/h7-25,30,36,39H,26-29H2,1-6H3,(H,50,51)/t30-,36-,39-/m1/s1. The SMILES string of the molecule is C[C@@H](O[Si](C)(C)C(C)(C)C)[C@H]1C(=O)N(C(C(=O)O)=P(c2ccccc2)(c2ccccc2)c2ccccc2)[C@@H]1CC(=O)c1ccc(OCC(=O)N2CCOC2=O)cc1. The molecule has 11 nitrogen and oxygen atoms in total. The van der Waals surface area contributed by atoms with Crippen LogP contribution in [0.15, 0.2) is 115 Å². The van der Waals surface area contributed by atoms with Gasteiger partial charge in [-0.05, 0) is 65.2 Å². The van der Waals surface area contributed by atoms with E-state index in [1.165, 1.54) is 4.90 Å². The van der Waals surface area contributed by atoms with E-state index in [4.69, 9.17) is 13.9 Å². The highest BCUT2D eigenvalue weighted by Crippen LogP contribution is 2.50. The average Bonchev–Trinajstić information content (AvgIpc) is 3.63. The number of hydrogen-bond acceptors (Lipinski definition) is 8. The normalized spacial score (nSPS) is 17.7. The first-order valence-corrected chi connectivity index (χ1v) is 23.7. The number of aliphatic carboxylic acids is 1. The highest BCUT2D eigenvalue weighted by Gasteiger charge is 2.57. The van der Waals surface area contributed by atoms with E-state index in [-0.39, 0.29) is 35.8 Å². The van der Waals surface area contributed by atoms with Crippen LogP contribution >= 0.6 is 6.89 Å². The largest absolute Gasteiger partial charge is 0.484 e. The summed E-state index contributed by atoms with van der Waals surface area (Å²) in [4.78, 5) is 69.8. The number of carbonyl (C=O) groups excluding carboxylic acids is 4. The second kappa shape index (κ2) is 16.7. The molecule has 2 saturated heterocycles. The van der Waals surface area contributed by atoms with Crippen LogP contribution in [0.25, 0.3) is 0 Å². The number of Topliss-reactive ketones (excluding diaryl/α,β-unsaturated/α-hetero) is 1. The molecule has 1 N–H and O–H groups in total. The van der Waals surface area contributed by atoms with Crippen LogP contribution in [0.4, 0.5) is 4.79 Å². The predicted octanol–water partition coefficient (Wildman–Crippen LogP) is 6.06. The molecule has 6 rings (SSSR count). The summed E-state index contributed by atoms with van der Waals surface area (Å²) in [6, 6.07) is 33.7. The molecule has 0 aromatic heterocycles. The van der Waals surface area contributed by atoms with Gasteiger partial charge in [0.05, 0.1) is 24.6 Å². The second-order valence-corrected chi connectivity index (χ2v) is 23.9. The van der Waals surface area contributed by atoms with Crippen molar-refractivity contribution in [3.63, 3.8) is 0 Å². The molecule has 4 aromatic carbocycles. The van der Waals surface area contributed by atoms with Crippen LogP contribution in [0.1, 0.15) is 44.5 Å². The number of amides is 3. The molecule has 0 spiro atoms. The zero-order valence-electron chi connectivity index (χ0n) is 33.1. The van der Waals surface area contributed by atoms with Gasteiger partial charge in [0.15, 0.2) is 20.7 Å². The lowest BCUT2D eigenvalue weighted by Gasteiger charge is -2.52. The minimum absolute atomic E-state index is 0.0695. The number of ketones is 1. The first kappa shape index (κ1) is 41.3. The van der Waals surface area contributed by atoms with Crippen LogP contribution in [0, 0.1) is 5.92 Å². The predicted molar refractivity (Wildman–Crippen MR) is 224 cm³/mol. The number of carbonyl (C=O) groups is 5. The van der Waals surface area contributed by atoms with E-state index in [0.29, 0.717) is 11.3 Å².